The number of hydrogen-bond donors (Lipinski definition) is 0. The van der Waals surface area contributed by atoms with Crippen LogP contribution in [0.2, 0.25) is 0 Å². The maximum absolute atomic E-state index is 5.97. The van der Waals surface area contributed by atoms with Gasteiger partial charge < -0.3 is 9.64 Å². The van der Waals surface area contributed by atoms with Crippen molar-refractivity contribution in [2.45, 2.75) is 45.9 Å². The van der Waals surface area contributed by atoms with E-state index >= 15 is 0 Å². The second-order valence-corrected chi connectivity index (χ2v) is 6.64. The molecule has 138 valence electrons. The van der Waals surface area contributed by atoms with Gasteiger partial charge in [0, 0.05) is 24.2 Å². The van der Waals surface area contributed by atoms with Gasteiger partial charge in [-0.15, -0.1) is 12.4 Å². The SMILES string of the molecule is CCC(C)N1CCc2c(COCc3ccccc3)nc3ccnn3c21.Cl. The molecular formula is C20H25ClN4O. The molecule has 1 aromatic carbocycles. The van der Waals surface area contributed by atoms with E-state index in [1.54, 1.807) is 0 Å². The molecule has 4 rings (SSSR count). The minimum absolute atomic E-state index is 0. The van der Waals surface area contributed by atoms with Gasteiger partial charge in [0.05, 0.1) is 25.1 Å². The third-order valence-corrected chi connectivity index (χ3v) is 5.04. The smallest absolute Gasteiger partial charge is 0.157 e. The molecule has 0 aliphatic carbocycles. The second kappa shape index (κ2) is 8.06. The van der Waals surface area contributed by atoms with Crippen LogP contribution < -0.4 is 4.90 Å². The highest BCUT2D eigenvalue weighted by Gasteiger charge is 2.29. The topological polar surface area (TPSA) is 42.7 Å². The molecule has 0 N–H and O–H groups in total. The molecule has 0 spiro atoms. The van der Waals surface area contributed by atoms with Crippen LogP contribution in [0.5, 0.6) is 0 Å². The zero-order chi connectivity index (χ0) is 17.2. The Morgan fingerprint density at radius 1 is 1.15 bits per heavy atom. The number of benzene rings is 1. The highest BCUT2D eigenvalue weighted by atomic mass is 35.5. The molecule has 0 fully saturated rings. The lowest BCUT2D eigenvalue weighted by molar-refractivity contribution is 0.104. The molecule has 26 heavy (non-hydrogen) atoms. The third-order valence-electron chi connectivity index (χ3n) is 5.04. The fourth-order valence-corrected chi connectivity index (χ4v) is 3.50. The second-order valence-electron chi connectivity index (χ2n) is 6.64. The molecule has 1 aliphatic heterocycles. The van der Waals surface area contributed by atoms with Crippen molar-refractivity contribution >= 4 is 23.9 Å². The number of nitrogens with zero attached hydrogens (tertiary/aromatic N) is 4. The van der Waals surface area contributed by atoms with Crippen molar-refractivity contribution in [3.63, 3.8) is 0 Å². The Morgan fingerprint density at radius 3 is 2.73 bits per heavy atom. The molecule has 0 radical (unpaired) electrons. The van der Waals surface area contributed by atoms with Crippen LogP contribution in [-0.2, 0) is 24.4 Å². The first kappa shape index (κ1) is 18.7. The monoisotopic (exact) mass is 372 g/mol. The Morgan fingerprint density at radius 2 is 1.96 bits per heavy atom. The number of ether oxygens (including phenoxy) is 1. The Bertz CT molecular complexity index is 865. The van der Waals surface area contributed by atoms with Crippen LogP contribution >= 0.6 is 12.4 Å². The Balaban J connectivity index is 0.00000196. The first-order valence-electron chi connectivity index (χ1n) is 9.01. The summed E-state index contributed by atoms with van der Waals surface area (Å²) in [6, 6.07) is 12.7. The Labute approximate surface area is 160 Å². The van der Waals surface area contributed by atoms with E-state index in [1.165, 1.54) is 16.9 Å². The van der Waals surface area contributed by atoms with Gasteiger partial charge in [-0.2, -0.15) is 9.61 Å². The quantitative estimate of drug-likeness (QED) is 0.655. The van der Waals surface area contributed by atoms with Gasteiger partial charge in [0.2, 0.25) is 0 Å². The summed E-state index contributed by atoms with van der Waals surface area (Å²) in [5.41, 5.74) is 4.41. The average Bonchev–Trinajstić information content (AvgIpc) is 3.28. The molecule has 1 atom stereocenters. The van der Waals surface area contributed by atoms with Crippen LogP contribution in [0.4, 0.5) is 5.82 Å². The van der Waals surface area contributed by atoms with Crippen molar-refractivity contribution in [3.05, 3.63) is 59.4 Å². The van der Waals surface area contributed by atoms with Crippen molar-refractivity contribution in [1.82, 2.24) is 14.6 Å². The summed E-state index contributed by atoms with van der Waals surface area (Å²) in [4.78, 5) is 7.26. The predicted molar refractivity (Wildman–Crippen MR) is 106 cm³/mol. The molecule has 0 saturated carbocycles. The van der Waals surface area contributed by atoms with E-state index in [0.29, 0.717) is 19.3 Å². The maximum Gasteiger partial charge on any atom is 0.157 e. The molecule has 1 aliphatic rings. The lowest BCUT2D eigenvalue weighted by Gasteiger charge is -2.26. The molecule has 1 unspecified atom stereocenters. The number of hydrogen-bond acceptors (Lipinski definition) is 4. The predicted octanol–water partition coefficient (Wildman–Crippen LogP) is 4.03. The van der Waals surface area contributed by atoms with Gasteiger partial charge in [-0.25, -0.2) is 4.98 Å². The molecule has 0 saturated heterocycles. The summed E-state index contributed by atoms with van der Waals surface area (Å²) >= 11 is 0. The largest absolute Gasteiger partial charge is 0.370 e. The molecular weight excluding hydrogens is 348 g/mol. The first-order chi connectivity index (χ1) is 12.3. The fraction of sp³-hybridized carbons (Fsp3) is 0.400. The van der Waals surface area contributed by atoms with E-state index in [2.05, 4.69) is 36.0 Å². The fourth-order valence-electron chi connectivity index (χ4n) is 3.50. The Kier molecular flexibility index (Phi) is 5.79. The number of rotatable bonds is 6. The summed E-state index contributed by atoms with van der Waals surface area (Å²) in [6.07, 6.45) is 3.95. The van der Waals surface area contributed by atoms with Crippen molar-refractivity contribution in [1.29, 1.82) is 0 Å². The first-order valence-corrected chi connectivity index (χ1v) is 9.01. The molecule has 3 aromatic rings. The van der Waals surface area contributed by atoms with E-state index in [4.69, 9.17) is 9.72 Å². The summed E-state index contributed by atoms with van der Waals surface area (Å²) < 4.78 is 7.95. The van der Waals surface area contributed by atoms with E-state index in [-0.39, 0.29) is 12.4 Å². The third kappa shape index (κ3) is 3.41. The highest BCUT2D eigenvalue weighted by Crippen LogP contribution is 2.33. The Hall–Kier alpha value is -2.11. The van der Waals surface area contributed by atoms with Crippen molar-refractivity contribution in [2.24, 2.45) is 0 Å². The summed E-state index contributed by atoms with van der Waals surface area (Å²) in [5, 5.41) is 4.50. The molecule has 6 heteroatoms. The lowest BCUT2D eigenvalue weighted by atomic mass is 10.2. The van der Waals surface area contributed by atoms with Gasteiger partial charge in [-0.1, -0.05) is 37.3 Å². The van der Waals surface area contributed by atoms with Crippen LogP contribution in [-0.4, -0.2) is 27.2 Å². The van der Waals surface area contributed by atoms with Crippen molar-refractivity contribution < 1.29 is 4.74 Å². The van der Waals surface area contributed by atoms with Crippen molar-refractivity contribution in [3.8, 4) is 0 Å². The molecule has 0 amide bonds. The lowest BCUT2D eigenvalue weighted by Crippen LogP contribution is -2.32. The minimum Gasteiger partial charge on any atom is -0.370 e. The van der Waals surface area contributed by atoms with Gasteiger partial charge in [-0.05, 0) is 25.3 Å². The van der Waals surface area contributed by atoms with Crippen LogP contribution in [0.15, 0.2) is 42.6 Å². The van der Waals surface area contributed by atoms with E-state index < -0.39 is 0 Å². The summed E-state index contributed by atoms with van der Waals surface area (Å²) in [6.45, 7) is 6.67. The molecule has 3 heterocycles. The van der Waals surface area contributed by atoms with Crippen LogP contribution in [0.1, 0.15) is 37.1 Å². The van der Waals surface area contributed by atoms with Crippen molar-refractivity contribution in [2.75, 3.05) is 11.4 Å². The molecule has 5 nitrogen and oxygen atoms in total. The highest BCUT2D eigenvalue weighted by molar-refractivity contribution is 5.85. The summed E-state index contributed by atoms with van der Waals surface area (Å²) in [5.74, 6) is 1.20. The minimum atomic E-state index is 0. The summed E-state index contributed by atoms with van der Waals surface area (Å²) in [7, 11) is 0. The van der Waals surface area contributed by atoms with E-state index in [0.717, 1.165) is 30.7 Å². The van der Waals surface area contributed by atoms with Gasteiger partial charge in [0.1, 0.15) is 5.82 Å². The zero-order valence-electron chi connectivity index (χ0n) is 15.3. The number of aromatic nitrogens is 3. The number of halogens is 1. The molecule has 2 aromatic heterocycles. The normalized spacial score (nSPS) is 14.3. The standard InChI is InChI=1S/C20H24N4O.ClH/c1-3-15(2)23-12-10-17-18(14-25-13-16-7-5-4-6-8-16)22-19-9-11-21-24(19)20(17)23;/h4-9,11,15H,3,10,12-14H2,1-2H3;1H. The number of fused-ring (bicyclic) bond motifs is 3. The van der Waals surface area contributed by atoms with E-state index in [9.17, 15) is 0 Å². The van der Waals surface area contributed by atoms with Gasteiger partial charge in [0.15, 0.2) is 5.65 Å². The average molecular weight is 373 g/mol. The van der Waals surface area contributed by atoms with Gasteiger partial charge in [0.25, 0.3) is 0 Å². The zero-order valence-corrected chi connectivity index (χ0v) is 16.1. The molecule has 0 bridgehead atoms. The van der Waals surface area contributed by atoms with Gasteiger partial charge in [-0.3, -0.25) is 0 Å². The van der Waals surface area contributed by atoms with Crippen LogP contribution in [0.25, 0.3) is 5.65 Å². The van der Waals surface area contributed by atoms with Gasteiger partial charge >= 0.3 is 0 Å². The number of anilines is 1. The van der Waals surface area contributed by atoms with E-state index in [1.807, 2.05) is 35.0 Å². The van der Waals surface area contributed by atoms with Crippen LogP contribution in [0.3, 0.4) is 0 Å². The van der Waals surface area contributed by atoms with Crippen LogP contribution in [0, 0.1) is 0 Å². The maximum atomic E-state index is 5.97.